The largest absolute Gasteiger partial charge is 0.465 e. The molecule has 2 rings (SSSR count). The lowest BCUT2D eigenvalue weighted by molar-refractivity contribution is -0.144. The molecular weight excluding hydrogens is 262 g/mol. The van der Waals surface area contributed by atoms with Crippen molar-refractivity contribution >= 4 is 5.97 Å². The van der Waals surface area contributed by atoms with Crippen LogP contribution in [0.3, 0.4) is 0 Å². The summed E-state index contributed by atoms with van der Waals surface area (Å²) in [6.07, 6.45) is 0. The second-order valence-electron chi connectivity index (χ2n) is 4.72. The highest BCUT2D eigenvalue weighted by atomic mass is 16.5. The Hall–Kier alpha value is -2.13. The van der Waals surface area contributed by atoms with Crippen LogP contribution >= 0.6 is 0 Å². The molecule has 1 unspecified atom stereocenters. The molecule has 1 atom stereocenters. The third-order valence-corrected chi connectivity index (χ3v) is 2.89. The fourth-order valence-electron chi connectivity index (χ4n) is 1.79. The van der Waals surface area contributed by atoms with Gasteiger partial charge in [-0.05, 0) is 37.5 Å². The van der Waals surface area contributed by atoms with Gasteiger partial charge in [-0.25, -0.2) is 0 Å². The van der Waals surface area contributed by atoms with Crippen molar-refractivity contribution in [3.05, 3.63) is 60.2 Å². The van der Waals surface area contributed by atoms with Gasteiger partial charge in [0.05, 0.1) is 6.61 Å². The van der Waals surface area contributed by atoms with Gasteiger partial charge in [-0.1, -0.05) is 54.6 Å². The van der Waals surface area contributed by atoms with Crippen LogP contribution < -0.4 is 5.73 Å². The minimum atomic E-state index is -0.491. The third-order valence-electron chi connectivity index (χ3n) is 2.89. The quantitative estimate of drug-likeness (QED) is 0.877. The molecule has 3 heteroatoms. The van der Waals surface area contributed by atoms with Gasteiger partial charge in [0.2, 0.25) is 0 Å². The maximum atomic E-state index is 10.4. The van der Waals surface area contributed by atoms with E-state index in [-0.39, 0.29) is 5.97 Å². The van der Waals surface area contributed by atoms with Crippen molar-refractivity contribution < 1.29 is 9.53 Å². The predicted molar refractivity (Wildman–Crippen MR) is 86.9 cm³/mol. The Kier molecular flexibility index (Phi) is 7.19. The van der Waals surface area contributed by atoms with E-state index in [1.807, 2.05) is 6.07 Å². The first-order valence-electron chi connectivity index (χ1n) is 7.09. The molecule has 0 aromatic heterocycles. The van der Waals surface area contributed by atoms with Gasteiger partial charge < -0.3 is 10.5 Å². The van der Waals surface area contributed by atoms with Crippen molar-refractivity contribution in [3.8, 4) is 11.1 Å². The van der Waals surface area contributed by atoms with Crippen LogP contribution in [0.4, 0.5) is 0 Å². The highest BCUT2D eigenvalue weighted by Crippen LogP contribution is 2.21. The van der Waals surface area contributed by atoms with Crippen LogP contribution in [0.25, 0.3) is 11.1 Å². The molecule has 21 heavy (non-hydrogen) atoms. The number of esters is 1. The maximum Gasteiger partial charge on any atom is 0.322 e. The molecule has 0 aliphatic heterocycles. The van der Waals surface area contributed by atoms with E-state index in [0.717, 1.165) is 0 Å². The average Bonchev–Trinajstić information content (AvgIpc) is 2.49. The van der Waals surface area contributed by atoms with Crippen LogP contribution in [0.2, 0.25) is 0 Å². The molecule has 0 aliphatic carbocycles. The van der Waals surface area contributed by atoms with Gasteiger partial charge in [-0.2, -0.15) is 0 Å². The minimum absolute atomic E-state index is 0.340. The number of aryl methyl sites for hydroxylation is 1. The first kappa shape index (κ1) is 16.9. The van der Waals surface area contributed by atoms with E-state index in [9.17, 15) is 4.79 Å². The molecule has 112 valence electrons. The highest BCUT2D eigenvalue weighted by molar-refractivity contribution is 5.74. The van der Waals surface area contributed by atoms with Gasteiger partial charge in [0.25, 0.3) is 0 Å². The Morgan fingerprint density at radius 1 is 1.10 bits per heavy atom. The van der Waals surface area contributed by atoms with Crippen molar-refractivity contribution in [2.75, 3.05) is 6.61 Å². The number of benzene rings is 2. The molecule has 0 radical (unpaired) electrons. The Labute approximate surface area is 126 Å². The molecule has 0 saturated heterocycles. The fraction of sp³-hybridized carbons (Fsp3) is 0.278. The Balaban J connectivity index is 0.000000240. The van der Waals surface area contributed by atoms with Crippen LogP contribution in [-0.4, -0.2) is 18.6 Å². The molecule has 0 heterocycles. The monoisotopic (exact) mass is 285 g/mol. The van der Waals surface area contributed by atoms with Gasteiger partial charge in [-0.15, -0.1) is 0 Å². The zero-order valence-corrected chi connectivity index (χ0v) is 12.9. The third kappa shape index (κ3) is 5.79. The van der Waals surface area contributed by atoms with Gasteiger partial charge in [0.15, 0.2) is 0 Å². The van der Waals surface area contributed by atoms with E-state index in [1.165, 1.54) is 16.7 Å². The first-order chi connectivity index (χ1) is 10.1. The molecule has 0 amide bonds. The van der Waals surface area contributed by atoms with Crippen LogP contribution in [0.5, 0.6) is 0 Å². The second kappa shape index (κ2) is 8.93. The zero-order valence-electron chi connectivity index (χ0n) is 12.9. The van der Waals surface area contributed by atoms with Gasteiger partial charge >= 0.3 is 5.97 Å². The molecule has 2 aromatic rings. The Morgan fingerprint density at radius 2 is 1.67 bits per heavy atom. The summed E-state index contributed by atoms with van der Waals surface area (Å²) in [5, 5.41) is 0. The number of ether oxygens (including phenoxy) is 1. The van der Waals surface area contributed by atoms with Gasteiger partial charge in [0.1, 0.15) is 6.04 Å². The summed E-state index contributed by atoms with van der Waals surface area (Å²) in [5.41, 5.74) is 9.09. The number of carbonyl (C=O) groups excluding carboxylic acids is 1. The molecule has 0 aliphatic rings. The lowest BCUT2D eigenvalue weighted by atomic mass is 10.0. The number of hydrogen-bond acceptors (Lipinski definition) is 3. The van der Waals surface area contributed by atoms with Crippen molar-refractivity contribution in [1.29, 1.82) is 0 Å². The fourth-order valence-corrected chi connectivity index (χ4v) is 1.79. The number of carbonyl (C=O) groups is 1. The molecule has 0 bridgehead atoms. The summed E-state index contributed by atoms with van der Waals surface area (Å²) in [6, 6.07) is 18.4. The second-order valence-corrected chi connectivity index (χ2v) is 4.72. The zero-order chi connectivity index (χ0) is 15.7. The smallest absolute Gasteiger partial charge is 0.322 e. The number of hydrogen-bond donors (Lipinski definition) is 1. The SMILES string of the molecule is CCOC(=O)C(C)N.Cc1ccccc1-c1ccccc1. The molecular formula is C18H23NO2. The maximum absolute atomic E-state index is 10.4. The first-order valence-corrected chi connectivity index (χ1v) is 7.09. The normalized spacial score (nSPS) is 11.0. The van der Waals surface area contributed by atoms with Crippen LogP contribution in [0, 0.1) is 6.92 Å². The van der Waals surface area contributed by atoms with Crippen molar-refractivity contribution in [3.63, 3.8) is 0 Å². The highest BCUT2D eigenvalue weighted by Gasteiger charge is 2.05. The summed E-state index contributed by atoms with van der Waals surface area (Å²) in [5.74, 6) is -0.340. The minimum Gasteiger partial charge on any atom is -0.465 e. The van der Waals surface area contributed by atoms with E-state index < -0.39 is 6.04 Å². The number of rotatable bonds is 3. The summed E-state index contributed by atoms with van der Waals surface area (Å²) < 4.78 is 4.54. The van der Waals surface area contributed by atoms with E-state index in [2.05, 4.69) is 60.2 Å². The van der Waals surface area contributed by atoms with E-state index in [4.69, 9.17) is 5.73 Å². The van der Waals surface area contributed by atoms with Gasteiger partial charge in [-0.3, -0.25) is 4.79 Å². The molecule has 2 N–H and O–H groups in total. The summed E-state index contributed by atoms with van der Waals surface area (Å²) in [7, 11) is 0. The summed E-state index contributed by atoms with van der Waals surface area (Å²) in [6.45, 7) is 5.89. The molecule has 0 spiro atoms. The topological polar surface area (TPSA) is 52.3 Å². The van der Waals surface area contributed by atoms with Crippen molar-refractivity contribution in [2.24, 2.45) is 5.73 Å². The summed E-state index contributed by atoms with van der Waals surface area (Å²) in [4.78, 5) is 10.4. The standard InChI is InChI=1S/C13H12.C5H11NO2/c1-11-7-5-6-10-13(11)12-8-3-2-4-9-12;1-3-8-5(7)4(2)6/h2-10H,1H3;4H,3,6H2,1-2H3. The summed E-state index contributed by atoms with van der Waals surface area (Å²) >= 11 is 0. The van der Waals surface area contributed by atoms with Gasteiger partial charge in [0, 0.05) is 0 Å². The lowest BCUT2D eigenvalue weighted by Gasteiger charge is -2.04. The Morgan fingerprint density at radius 3 is 2.14 bits per heavy atom. The predicted octanol–water partition coefficient (Wildman–Crippen LogP) is 3.56. The van der Waals surface area contributed by atoms with Crippen LogP contribution in [-0.2, 0) is 9.53 Å². The molecule has 0 fully saturated rings. The van der Waals surface area contributed by atoms with Crippen LogP contribution in [0.1, 0.15) is 19.4 Å². The molecule has 2 aromatic carbocycles. The van der Waals surface area contributed by atoms with E-state index in [1.54, 1.807) is 13.8 Å². The number of nitrogens with two attached hydrogens (primary N) is 1. The average molecular weight is 285 g/mol. The molecule has 3 nitrogen and oxygen atoms in total. The van der Waals surface area contributed by atoms with E-state index in [0.29, 0.717) is 6.61 Å². The molecule has 0 saturated carbocycles. The van der Waals surface area contributed by atoms with E-state index >= 15 is 0 Å². The Bertz CT molecular complexity index is 550. The lowest BCUT2D eigenvalue weighted by Crippen LogP contribution is -2.28. The van der Waals surface area contributed by atoms with Crippen LogP contribution in [0.15, 0.2) is 54.6 Å². The van der Waals surface area contributed by atoms with Crippen molar-refractivity contribution in [1.82, 2.24) is 0 Å². The van der Waals surface area contributed by atoms with Crippen molar-refractivity contribution in [2.45, 2.75) is 26.8 Å².